The van der Waals surface area contributed by atoms with Crippen molar-refractivity contribution in [3.8, 4) is 5.75 Å². The van der Waals surface area contributed by atoms with Gasteiger partial charge >= 0.3 is 5.97 Å². The molecule has 136 valence electrons. The van der Waals surface area contributed by atoms with E-state index in [4.69, 9.17) is 9.47 Å². The predicted molar refractivity (Wildman–Crippen MR) is 94.4 cm³/mol. The van der Waals surface area contributed by atoms with Crippen LogP contribution in [0.5, 0.6) is 5.75 Å². The Morgan fingerprint density at radius 1 is 1.12 bits per heavy atom. The van der Waals surface area contributed by atoms with E-state index in [0.717, 1.165) is 0 Å². The van der Waals surface area contributed by atoms with Crippen LogP contribution in [0, 0.1) is 10.1 Å². The van der Waals surface area contributed by atoms with Crippen LogP contribution in [-0.2, 0) is 9.53 Å². The first kappa shape index (κ1) is 18.9. The molecule has 0 spiro atoms. The summed E-state index contributed by atoms with van der Waals surface area (Å²) < 4.78 is 10.3. The molecule has 0 aromatic heterocycles. The smallest absolute Gasteiger partial charge is 0.344 e. The Morgan fingerprint density at radius 3 is 2.38 bits per heavy atom. The lowest BCUT2D eigenvalue weighted by molar-refractivity contribution is -0.384. The minimum absolute atomic E-state index is 0.0950. The van der Waals surface area contributed by atoms with Gasteiger partial charge in [0.1, 0.15) is 5.75 Å². The summed E-state index contributed by atoms with van der Waals surface area (Å²) in [6.07, 6.45) is 0. The summed E-state index contributed by atoms with van der Waals surface area (Å²) in [5.74, 6) is -0.531. The number of carbonyl (C=O) groups is 2. The van der Waals surface area contributed by atoms with Gasteiger partial charge in [0.25, 0.3) is 11.6 Å². The highest BCUT2D eigenvalue weighted by Crippen LogP contribution is 2.28. The van der Waals surface area contributed by atoms with Crippen molar-refractivity contribution in [3.63, 3.8) is 0 Å². The summed E-state index contributed by atoms with van der Waals surface area (Å²) in [6, 6.07) is 12.1. The van der Waals surface area contributed by atoms with Crippen LogP contribution in [0.25, 0.3) is 0 Å². The maximum atomic E-state index is 12.6. The molecule has 2 rings (SSSR count). The van der Waals surface area contributed by atoms with Crippen LogP contribution < -0.4 is 9.64 Å². The van der Waals surface area contributed by atoms with Crippen molar-refractivity contribution in [2.24, 2.45) is 0 Å². The zero-order chi connectivity index (χ0) is 19.1. The van der Waals surface area contributed by atoms with Crippen LogP contribution >= 0.6 is 0 Å². The maximum Gasteiger partial charge on any atom is 0.344 e. The Hall–Kier alpha value is -3.42. The molecule has 1 amide bonds. The van der Waals surface area contributed by atoms with E-state index in [1.807, 2.05) is 0 Å². The first-order valence-corrected chi connectivity index (χ1v) is 7.84. The van der Waals surface area contributed by atoms with Gasteiger partial charge in [-0.2, -0.15) is 0 Å². The van der Waals surface area contributed by atoms with Crippen molar-refractivity contribution in [3.05, 3.63) is 64.2 Å². The van der Waals surface area contributed by atoms with E-state index in [9.17, 15) is 19.7 Å². The van der Waals surface area contributed by atoms with Gasteiger partial charge in [-0.1, -0.05) is 12.1 Å². The highest BCUT2D eigenvalue weighted by Gasteiger charge is 2.18. The van der Waals surface area contributed by atoms with E-state index in [1.54, 1.807) is 38.2 Å². The number of nitrogens with zero attached hydrogens (tertiary/aromatic N) is 2. The minimum Gasteiger partial charge on any atom is -0.480 e. The number of para-hydroxylation sites is 2. The first-order valence-electron chi connectivity index (χ1n) is 7.84. The van der Waals surface area contributed by atoms with Gasteiger partial charge in [-0.15, -0.1) is 0 Å². The van der Waals surface area contributed by atoms with E-state index >= 15 is 0 Å². The topological polar surface area (TPSA) is 99.0 Å². The molecule has 2 aromatic rings. The first-order chi connectivity index (χ1) is 12.4. The van der Waals surface area contributed by atoms with E-state index < -0.39 is 10.9 Å². The van der Waals surface area contributed by atoms with Gasteiger partial charge in [-0.3, -0.25) is 14.9 Å². The van der Waals surface area contributed by atoms with E-state index in [-0.39, 0.29) is 24.8 Å². The molecule has 0 aliphatic carbocycles. The summed E-state index contributed by atoms with van der Waals surface area (Å²) in [4.78, 5) is 35.6. The Balaban J connectivity index is 2.17. The van der Waals surface area contributed by atoms with Crippen molar-refractivity contribution in [2.45, 2.75) is 6.92 Å². The number of amides is 1. The summed E-state index contributed by atoms with van der Waals surface area (Å²) in [6.45, 7) is 1.68. The molecule has 0 atom stereocenters. The molecule has 0 bridgehead atoms. The van der Waals surface area contributed by atoms with Crippen molar-refractivity contribution in [2.75, 3.05) is 25.2 Å². The average Bonchev–Trinajstić information content (AvgIpc) is 2.65. The lowest BCUT2D eigenvalue weighted by Crippen LogP contribution is -2.27. The fourth-order valence-corrected chi connectivity index (χ4v) is 2.22. The number of nitro groups is 1. The molecule has 8 heteroatoms. The summed E-state index contributed by atoms with van der Waals surface area (Å²) in [7, 11) is 1.55. The molecule has 0 unspecified atom stereocenters. The highest BCUT2D eigenvalue weighted by atomic mass is 16.6. The zero-order valence-electron chi connectivity index (χ0n) is 14.4. The molecule has 8 nitrogen and oxygen atoms in total. The number of anilines is 1. The third-order valence-electron chi connectivity index (χ3n) is 3.51. The van der Waals surface area contributed by atoms with Crippen LogP contribution in [0.3, 0.4) is 0 Å². The molecule has 0 aliphatic rings. The number of hydrogen-bond acceptors (Lipinski definition) is 6. The van der Waals surface area contributed by atoms with Gasteiger partial charge in [-0.25, -0.2) is 4.79 Å². The highest BCUT2D eigenvalue weighted by molar-refractivity contribution is 6.06. The van der Waals surface area contributed by atoms with Crippen LogP contribution in [0.15, 0.2) is 48.5 Å². The second-order valence-corrected chi connectivity index (χ2v) is 5.23. The lowest BCUT2D eigenvalue weighted by Gasteiger charge is -2.20. The van der Waals surface area contributed by atoms with Gasteiger partial charge in [0.05, 0.1) is 17.2 Å². The van der Waals surface area contributed by atoms with Gasteiger partial charge < -0.3 is 14.4 Å². The quantitative estimate of drug-likeness (QED) is 0.429. The van der Waals surface area contributed by atoms with Crippen LogP contribution in [0.1, 0.15) is 17.3 Å². The van der Waals surface area contributed by atoms with Crippen LogP contribution in [0.2, 0.25) is 0 Å². The SMILES string of the molecule is CCOC(=O)COc1ccccc1N(C)C(=O)c1ccc([N+](=O)[O-])cc1. The van der Waals surface area contributed by atoms with Crippen molar-refractivity contribution in [1.29, 1.82) is 0 Å². The average molecular weight is 358 g/mol. The predicted octanol–water partition coefficient (Wildman–Crippen LogP) is 2.81. The maximum absolute atomic E-state index is 12.6. The number of ether oxygens (including phenoxy) is 2. The zero-order valence-corrected chi connectivity index (χ0v) is 14.4. The Morgan fingerprint density at radius 2 is 1.77 bits per heavy atom. The number of carbonyl (C=O) groups excluding carboxylic acids is 2. The normalized spacial score (nSPS) is 10.1. The minimum atomic E-state index is -0.531. The molecule has 2 aromatic carbocycles. The van der Waals surface area contributed by atoms with Crippen molar-refractivity contribution >= 4 is 23.3 Å². The van der Waals surface area contributed by atoms with Crippen LogP contribution in [-0.4, -0.2) is 37.1 Å². The second kappa shape index (κ2) is 8.61. The molecule has 0 heterocycles. The molecular weight excluding hydrogens is 340 g/mol. The number of benzene rings is 2. The van der Waals surface area contributed by atoms with E-state index in [2.05, 4.69) is 0 Å². The molecule has 0 saturated heterocycles. The van der Waals surface area contributed by atoms with Gasteiger partial charge in [0.15, 0.2) is 6.61 Å². The van der Waals surface area contributed by atoms with Crippen molar-refractivity contribution in [1.82, 2.24) is 0 Å². The Kier molecular flexibility index (Phi) is 6.26. The Labute approximate surface area is 150 Å². The molecule has 0 N–H and O–H groups in total. The molecule has 0 fully saturated rings. The van der Waals surface area contributed by atoms with Gasteiger partial charge in [-0.05, 0) is 31.2 Å². The summed E-state index contributed by atoms with van der Waals surface area (Å²) in [5.41, 5.74) is 0.654. The van der Waals surface area contributed by atoms with E-state index in [0.29, 0.717) is 17.0 Å². The monoisotopic (exact) mass is 358 g/mol. The number of esters is 1. The largest absolute Gasteiger partial charge is 0.480 e. The Bertz CT molecular complexity index is 804. The molecular formula is C18H18N2O6. The second-order valence-electron chi connectivity index (χ2n) is 5.23. The number of non-ortho nitro benzene ring substituents is 1. The third kappa shape index (κ3) is 4.56. The molecule has 0 saturated carbocycles. The van der Waals surface area contributed by atoms with Crippen LogP contribution in [0.4, 0.5) is 11.4 Å². The lowest BCUT2D eigenvalue weighted by atomic mass is 10.1. The fourth-order valence-electron chi connectivity index (χ4n) is 2.22. The number of rotatable bonds is 7. The van der Waals surface area contributed by atoms with Gasteiger partial charge in [0, 0.05) is 24.7 Å². The standard InChI is InChI=1S/C18H18N2O6/c1-3-25-17(21)12-26-16-7-5-4-6-15(16)19(2)18(22)13-8-10-14(11-9-13)20(23)24/h4-11H,3,12H2,1-2H3. The fraction of sp³-hybridized carbons (Fsp3) is 0.222. The number of nitro benzene ring substituents is 1. The third-order valence-corrected chi connectivity index (χ3v) is 3.51. The number of hydrogen-bond donors (Lipinski definition) is 0. The van der Waals surface area contributed by atoms with Gasteiger partial charge in [0.2, 0.25) is 0 Å². The molecule has 26 heavy (non-hydrogen) atoms. The summed E-state index contributed by atoms with van der Waals surface area (Å²) >= 11 is 0. The molecule has 0 radical (unpaired) electrons. The van der Waals surface area contributed by atoms with E-state index in [1.165, 1.54) is 29.2 Å². The summed E-state index contributed by atoms with van der Waals surface area (Å²) in [5, 5.41) is 10.7. The molecule has 0 aliphatic heterocycles. The van der Waals surface area contributed by atoms with Crippen molar-refractivity contribution < 1.29 is 24.0 Å².